The van der Waals surface area contributed by atoms with Gasteiger partial charge < -0.3 is 10.0 Å². The third-order valence-electron chi connectivity index (χ3n) is 4.44. The van der Waals surface area contributed by atoms with Crippen molar-refractivity contribution in [1.82, 2.24) is 4.90 Å². The Kier molecular flexibility index (Phi) is 3.71. The molecular weight excluding hydrogens is 318 g/mol. The number of likely N-dealkylation sites (N-methyl/N-ethyl adjacent to an activating group) is 1. The molecule has 4 heteroatoms. The lowest BCUT2D eigenvalue weighted by Gasteiger charge is -2.31. The van der Waals surface area contributed by atoms with Crippen LogP contribution in [0.4, 0.5) is 0 Å². The van der Waals surface area contributed by atoms with Crippen LogP contribution in [0.1, 0.15) is 37.0 Å². The average Bonchev–Trinajstić information content (AvgIpc) is 2.53. The summed E-state index contributed by atoms with van der Waals surface area (Å²) in [6.07, 6.45) is 0.680. The van der Waals surface area contributed by atoms with Gasteiger partial charge in [0.2, 0.25) is 0 Å². The van der Waals surface area contributed by atoms with E-state index in [2.05, 4.69) is 15.9 Å². The summed E-state index contributed by atoms with van der Waals surface area (Å²) < 4.78 is 0.980. The summed E-state index contributed by atoms with van der Waals surface area (Å²) in [5, 5.41) is 10.6. The van der Waals surface area contributed by atoms with Gasteiger partial charge in [0.05, 0.1) is 11.1 Å². The van der Waals surface area contributed by atoms with Crippen LogP contribution in [0.2, 0.25) is 0 Å². The van der Waals surface area contributed by atoms with Gasteiger partial charge in [-0.15, -0.1) is 0 Å². The van der Waals surface area contributed by atoms with Gasteiger partial charge in [0.15, 0.2) is 0 Å². The van der Waals surface area contributed by atoms with Crippen LogP contribution in [0.15, 0.2) is 22.4 Å². The van der Waals surface area contributed by atoms with Crippen LogP contribution in [0.3, 0.4) is 0 Å². The minimum absolute atomic E-state index is 0.111. The Morgan fingerprint density at radius 1 is 1.30 bits per heavy atom. The Balaban J connectivity index is 2.73. The molecule has 0 bridgehead atoms. The molecule has 3 nitrogen and oxygen atoms in total. The van der Waals surface area contributed by atoms with Crippen molar-refractivity contribution in [2.45, 2.75) is 39.7 Å². The number of carbonyl (C=O) groups excluding carboxylic acids is 1. The van der Waals surface area contributed by atoms with Crippen molar-refractivity contribution in [2.75, 3.05) is 7.05 Å². The average molecular weight is 338 g/mol. The van der Waals surface area contributed by atoms with Crippen molar-refractivity contribution in [3.8, 4) is 0 Å². The molecule has 1 aliphatic heterocycles. The van der Waals surface area contributed by atoms with Gasteiger partial charge in [-0.3, -0.25) is 4.79 Å². The molecule has 108 valence electrons. The lowest BCUT2D eigenvalue weighted by Crippen LogP contribution is -2.42. The van der Waals surface area contributed by atoms with Crippen LogP contribution in [0, 0.1) is 13.8 Å². The predicted molar refractivity (Wildman–Crippen MR) is 84.6 cm³/mol. The first-order valence-corrected chi connectivity index (χ1v) is 7.52. The molecule has 0 radical (unpaired) electrons. The normalized spacial score (nSPS) is 22.9. The van der Waals surface area contributed by atoms with Gasteiger partial charge in [-0.2, -0.15) is 0 Å². The highest BCUT2D eigenvalue weighted by Crippen LogP contribution is 2.41. The number of aliphatic hydroxyl groups is 1. The predicted octanol–water partition coefficient (Wildman–Crippen LogP) is 3.98. The molecule has 1 atom stereocenters. The maximum atomic E-state index is 12.6. The summed E-state index contributed by atoms with van der Waals surface area (Å²) in [5.41, 5.74) is 2.65. The van der Waals surface area contributed by atoms with Crippen LogP contribution in [-0.4, -0.2) is 28.5 Å². The van der Waals surface area contributed by atoms with Crippen molar-refractivity contribution >= 4 is 27.4 Å². The van der Waals surface area contributed by atoms with Gasteiger partial charge in [0.1, 0.15) is 5.76 Å². The summed E-state index contributed by atoms with van der Waals surface area (Å²) in [7, 11) is 1.75. The number of hydrogen-bond donors (Lipinski definition) is 1. The number of hydrogen-bond acceptors (Lipinski definition) is 2. The molecule has 0 saturated carbocycles. The van der Waals surface area contributed by atoms with Crippen LogP contribution < -0.4 is 0 Å². The molecule has 1 heterocycles. The second-order valence-electron chi connectivity index (χ2n) is 5.63. The molecule has 1 amide bonds. The first-order chi connectivity index (χ1) is 9.24. The van der Waals surface area contributed by atoms with E-state index in [-0.39, 0.29) is 11.7 Å². The quantitative estimate of drug-likeness (QED) is 0.886. The molecule has 0 aromatic heterocycles. The number of aryl methyl sites for hydroxylation is 2. The van der Waals surface area contributed by atoms with Crippen molar-refractivity contribution in [3.63, 3.8) is 0 Å². The largest absolute Gasteiger partial charge is 0.509 e. The molecule has 0 fully saturated rings. The zero-order chi connectivity index (χ0) is 15.2. The highest BCUT2D eigenvalue weighted by atomic mass is 79.9. The molecule has 1 aromatic rings. The molecule has 2 rings (SSSR count). The molecule has 0 aliphatic carbocycles. The molecule has 0 saturated heterocycles. The Bertz CT molecular complexity index is 598. The monoisotopic (exact) mass is 337 g/mol. The third-order valence-corrected chi connectivity index (χ3v) is 4.90. The van der Waals surface area contributed by atoms with E-state index in [1.54, 1.807) is 11.9 Å². The van der Waals surface area contributed by atoms with Gasteiger partial charge in [-0.1, -0.05) is 22.9 Å². The fourth-order valence-electron chi connectivity index (χ4n) is 2.86. The van der Waals surface area contributed by atoms with E-state index in [4.69, 9.17) is 0 Å². The van der Waals surface area contributed by atoms with Crippen LogP contribution in [0.25, 0.3) is 5.57 Å². The molecule has 0 spiro atoms. The summed E-state index contributed by atoms with van der Waals surface area (Å²) in [6.45, 7) is 7.80. The minimum atomic E-state index is -0.613. The van der Waals surface area contributed by atoms with Crippen molar-refractivity contribution in [2.24, 2.45) is 0 Å². The van der Waals surface area contributed by atoms with Gasteiger partial charge >= 0.3 is 0 Å². The molecule has 1 N–H and O–H groups in total. The number of aliphatic hydroxyl groups excluding tert-OH is 1. The van der Waals surface area contributed by atoms with Crippen LogP contribution >= 0.6 is 15.9 Å². The van der Waals surface area contributed by atoms with E-state index in [9.17, 15) is 9.90 Å². The maximum absolute atomic E-state index is 12.6. The van der Waals surface area contributed by atoms with Crippen LogP contribution in [-0.2, 0) is 4.79 Å². The third kappa shape index (κ3) is 1.97. The highest BCUT2D eigenvalue weighted by Gasteiger charge is 2.46. The lowest BCUT2D eigenvalue weighted by molar-refractivity contribution is -0.126. The van der Waals surface area contributed by atoms with E-state index in [0.717, 1.165) is 21.2 Å². The van der Waals surface area contributed by atoms with Crippen LogP contribution in [0.5, 0.6) is 0 Å². The van der Waals surface area contributed by atoms with Gasteiger partial charge in [-0.25, -0.2) is 0 Å². The number of nitrogens with zero attached hydrogens (tertiary/aromatic N) is 1. The molecule has 1 unspecified atom stereocenters. The van der Waals surface area contributed by atoms with Gasteiger partial charge in [0, 0.05) is 11.5 Å². The number of amides is 1. The fraction of sp³-hybridized carbons (Fsp3) is 0.438. The van der Waals surface area contributed by atoms with E-state index in [0.29, 0.717) is 12.0 Å². The maximum Gasteiger partial charge on any atom is 0.258 e. The molecule has 1 aliphatic rings. The van der Waals surface area contributed by atoms with E-state index in [1.165, 1.54) is 0 Å². The first kappa shape index (κ1) is 15.1. The SMILES string of the molecule is CCC1(C)C(O)=C(c2c(C)cc(Br)cc2C)C(=O)N1C. The van der Waals surface area contributed by atoms with Crippen molar-refractivity contribution in [3.05, 3.63) is 39.1 Å². The fourth-order valence-corrected chi connectivity index (χ4v) is 3.54. The summed E-state index contributed by atoms with van der Waals surface area (Å²) >= 11 is 3.46. The minimum Gasteiger partial charge on any atom is -0.509 e. The number of halogens is 1. The Morgan fingerprint density at radius 2 is 1.80 bits per heavy atom. The van der Waals surface area contributed by atoms with Crippen molar-refractivity contribution < 1.29 is 9.90 Å². The number of benzene rings is 1. The van der Waals surface area contributed by atoms with E-state index in [1.807, 2.05) is 39.8 Å². The molecule has 1 aromatic carbocycles. The zero-order valence-corrected chi connectivity index (χ0v) is 14.1. The Hall–Kier alpha value is -1.29. The van der Waals surface area contributed by atoms with Gasteiger partial charge in [0.25, 0.3) is 5.91 Å². The lowest BCUT2D eigenvalue weighted by atomic mass is 9.91. The second kappa shape index (κ2) is 4.92. The highest BCUT2D eigenvalue weighted by molar-refractivity contribution is 9.10. The molecular formula is C16H20BrNO2. The zero-order valence-electron chi connectivity index (χ0n) is 12.5. The van der Waals surface area contributed by atoms with E-state index < -0.39 is 5.54 Å². The summed E-state index contributed by atoms with van der Waals surface area (Å²) in [5.74, 6) is 0.0707. The second-order valence-corrected chi connectivity index (χ2v) is 6.55. The Morgan fingerprint density at radius 3 is 2.20 bits per heavy atom. The van der Waals surface area contributed by atoms with Crippen molar-refractivity contribution in [1.29, 1.82) is 0 Å². The summed E-state index contributed by atoms with van der Waals surface area (Å²) in [6, 6.07) is 3.94. The number of carbonyl (C=O) groups is 1. The first-order valence-electron chi connectivity index (χ1n) is 6.73. The topological polar surface area (TPSA) is 40.5 Å². The standard InChI is InChI=1S/C16H20BrNO2/c1-6-16(4)14(19)13(15(20)18(16)5)12-9(2)7-11(17)8-10(12)3/h7-8,19H,6H2,1-5H3. The number of rotatable bonds is 2. The van der Waals surface area contributed by atoms with E-state index >= 15 is 0 Å². The smallest absolute Gasteiger partial charge is 0.258 e. The molecule has 20 heavy (non-hydrogen) atoms. The Labute approximate surface area is 128 Å². The summed E-state index contributed by atoms with van der Waals surface area (Å²) in [4.78, 5) is 14.2. The van der Waals surface area contributed by atoms with Gasteiger partial charge in [-0.05, 0) is 56.0 Å².